The summed E-state index contributed by atoms with van der Waals surface area (Å²) < 4.78 is 0. The SMILES string of the molecule is CCCC(CNC(=O)C1CSCN1C(=O)c1c[nH]c2ccccc12)C(=O)O. The van der Waals surface area contributed by atoms with Crippen LogP contribution in [0.2, 0.25) is 0 Å². The Morgan fingerprint density at radius 2 is 2.15 bits per heavy atom. The molecule has 0 radical (unpaired) electrons. The van der Waals surface area contributed by atoms with Gasteiger partial charge >= 0.3 is 5.97 Å². The van der Waals surface area contributed by atoms with Crippen LogP contribution in [0.1, 0.15) is 30.1 Å². The predicted molar refractivity (Wildman–Crippen MR) is 105 cm³/mol. The number of aromatic nitrogens is 1. The summed E-state index contributed by atoms with van der Waals surface area (Å²) in [6, 6.07) is 6.95. The number of thioether (sulfide) groups is 1. The third kappa shape index (κ3) is 4.10. The fraction of sp³-hybridized carbons (Fsp3) is 0.421. The number of nitrogens with one attached hydrogen (secondary N) is 2. The Morgan fingerprint density at radius 3 is 2.89 bits per heavy atom. The second-order valence-corrected chi connectivity index (χ2v) is 7.61. The second-order valence-electron chi connectivity index (χ2n) is 6.61. The molecule has 3 N–H and O–H groups in total. The third-order valence-corrected chi connectivity index (χ3v) is 5.79. The zero-order valence-electron chi connectivity index (χ0n) is 15.1. The van der Waals surface area contributed by atoms with E-state index in [2.05, 4.69) is 10.3 Å². The summed E-state index contributed by atoms with van der Waals surface area (Å²) in [5.74, 6) is -1.06. The van der Waals surface area contributed by atoms with Crippen molar-refractivity contribution in [3.63, 3.8) is 0 Å². The van der Waals surface area contributed by atoms with Crippen LogP contribution in [0.25, 0.3) is 10.9 Å². The summed E-state index contributed by atoms with van der Waals surface area (Å²) in [7, 11) is 0. The standard InChI is InChI=1S/C19H23N3O4S/c1-2-5-12(19(25)26)8-21-17(23)16-10-27-11-22(16)18(24)14-9-20-15-7-4-3-6-13(14)15/h3-4,6-7,9,12,16,20H,2,5,8,10-11H2,1H3,(H,21,23)(H,25,26). The molecule has 0 spiro atoms. The molecule has 2 heterocycles. The number of fused-ring (bicyclic) bond motifs is 1. The number of hydrogen-bond acceptors (Lipinski definition) is 4. The zero-order valence-corrected chi connectivity index (χ0v) is 15.9. The van der Waals surface area contributed by atoms with E-state index in [0.717, 1.165) is 17.3 Å². The van der Waals surface area contributed by atoms with Gasteiger partial charge in [0.05, 0.1) is 17.4 Å². The number of amides is 2. The van der Waals surface area contributed by atoms with Crippen molar-refractivity contribution in [2.75, 3.05) is 18.2 Å². The van der Waals surface area contributed by atoms with Gasteiger partial charge in [-0.15, -0.1) is 11.8 Å². The number of carbonyl (C=O) groups excluding carboxylic acids is 2. The third-order valence-electron chi connectivity index (χ3n) is 4.77. The van der Waals surface area contributed by atoms with E-state index in [4.69, 9.17) is 0 Å². The van der Waals surface area contributed by atoms with E-state index in [1.54, 1.807) is 11.1 Å². The Balaban J connectivity index is 1.70. The van der Waals surface area contributed by atoms with Gasteiger partial charge in [0.2, 0.25) is 5.91 Å². The summed E-state index contributed by atoms with van der Waals surface area (Å²) in [5, 5.41) is 12.8. The van der Waals surface area contributed by atoms with Gasteiger partial charge in [-0.2, -0.15) is 0 Å². The highest BCUT2D eigenvalue weighted by atomic mass is 32.2. The first-order valence-electron chi connectivity index (χ1n) is 8.98. The smallest absolute Gasteiger partial charge is 0.308 e. The molecule has 1 aliphatic heterocycles. The van der Waals surface area contributed by atoms with Gasteiger partial charge in [-0.1, -0.05) is 31.5 Å². The van der Waals surface area contributed by atoms with Crippen LogP contribution in [0.3, 0.4) is 0 Å². The van der Waals surface area contributed by atoms with E-state index >= 15 is 0 Å². The number of para-hydroxylation sites is 1. The lowest BCUT2D eigenvalue weighted by Gasteiger charge is -2.23. The van der Waals surface area contributed by atoms with Gasteiger partial charge in [0.1, 0.15) is 6.04 Å². The lowest BCUT2D eigenvalue weighted by atomic mass is 10.0. The molecule has 1 aromatic heterocycles. The van der Waals surface area contributed by atoms with E-state index < -0.39 is 17.9 Å². The number of carbonyl (C=O) groups is 3. The lowest BCUT2D eigenvalue weighted by Crippen LogP contribution is -2.48. The maximum absolute atomic E-state index is 13.0. The first-order chi connectivity index (χ1) is 13.0. The van der Waals surface area contributed by atoms with E-state index in [0.29, 0.717) is 23.6 Å². The van der Waals surface area contributed by atoms with Gasteiger partial charge in [-0.05, 0) is 12.5 Å². The van der Waals surface area contributed by atoms with E-state index in [9.17, 15) is 19.5 Å². The molecule has 144 valence electrons. The van der Waals surface area contributed by atoms with Crippen molar-refractivity contribution in [3.8, 4) is 0 Å². The number of carboxylic acids is 1. The number of nitrogens with zero attached hydrogens (tertiary/aromatic N) is 1. The number of aliphatic carboxylic acids is 1. The van der Waals surface area contributed by atoms with Crippen LogP contribution in [-0.4, -0.2) is 57.0 Å². The highest BCUT2D eigenvalue weighted by Crippen LogP contribution is 2.26. The molecule has 1 fully saturated rings. The Morgan fingerprint density at radius 1 is 1.37 bits per heavy atom. The molecule has 27 heavy (non-hydrogen) atoms. The molecule has 2 amide bonds. The van der Waals surface area contributed by atoms with E-state index in [-0.39, 0.29) is 18.4 Å². The van der Waals surface area contributed by atoms with Gasteiger partial charge in [-0.3, -0.25) is 14.4 Å². The molecular formula is C19H23N3O4S. The molecule has 0 bridgehead atoms. The van der Waals surface area contributed by atoms with Crippen molar-refractivity contribution < 1.29 is 19.5 Å². The zero-order chi connectivity index (χ0) is 19.4. The fourth-order valence-corrected chi connectivity index (χ4v) is 4.42. The van der Waals surface area contributed by atoms with Crippen molar-refractivity contribution >= 4 is 40.4 Å². The number of H-pyrrole nitrogens is 1. The number of carboxylic acid groups (broad SMARTS) is 1. The average Bonchev–Trinajstić information content (AvgIpc) is 3.31. The van der Waals surface area contributed by atoms with Gasteiger partial charge in [0.15, 0.2) is 0 Å². The van der Waals surface area contributed by atoms with Gasteiger partial charge in [-0.25, -0.2) is 0 Å². The van der Waals surface area contributed by atoms with Gasteiger partial charge < -0.3 is 20.3 Å². The maximum Gasteiger partial charge on any atom is 0.308 e. The average molecular weight is 389 g/mol. The monoisotopic (exact) mass is 389 g/mol. The van der Waals surface area contributed by atoms with Crippen LogP contribution < -0.4 is 5.32 Å². The number of benzene rings is 1. The minimum Gasteiger partial charge on any atom is -0.481 e. The molecule has 2 aromatic rings. The summed E-state index contributed by atoms with van der Waals surface area (Å²) in [4.78, 5) is 41.5. The predicted octanol–water partition coefficient (Wildman–Crippen LogP) is 2.30. The van der Waals surface area contributed by atoms with Crippen LogP contribution >= 0.6 is 11.8 Å². The molecule has 1 aliphatic rings. The van der Waals surface area contributed by atoms with Crippen molar-refractivity contribution in [3.05, 3.63) is 36.0 Å². The van der Waals surface area contributed by atoms with Crippen molar-refractivity contribution in [1.29, 1.82) is 0 Å². The molecule has 2 atom stereocenters. The molecule has 3 rings (SSSR count). The van der Waals surface area contributed by atoms with Crippen LogP contribution in [0.5, 0.6) is 0 Å². The Hall–Kier alpha value is -2.48. The van der Waals surface area contributed by atoms with Crippen LogP contribution in [0.4, 0.5) is 0 Å². The molecule has 8 heteroatoms. The molecule has 1 aromatic carbocycles. The summed E-state index contributed by atoms with van der Waals surface area (Å²) in [5.41, 5.74) is 1.41. The minimum atomic E-state index is -0.912. The van der Waals surface area contributed by atoms with Crippen LogP contribution in [-0.2, 0) is 9.59 Å². The Bertz CT molecular complexity index is 850. The molecule has 2 unspecified atom stereocenters. The minimum absolute atomic E-state index is 0.0816. The van der Waals surface area contributed by atoms with Gasteiger partial charge in [0.25, 0.3) is 5.91 Å². The Kier molecular flexibility index (Phi) is 6.05. The lowest BCUT2D eigenvalue weighted by molar-refractivity contribution is -0.142. The summed E-state index contributed by atoms with van der Waals surface area (Å²) in [6.07, 6.45) is 2.91. The van der Waals surface area contributed by atoms with Crippen molar-refractivity contribution in [2.24, 2.45) is 5.92 Å². The number of rotatable bonds is 7. The van der Waals surface area contributed by atoms with Crippen molar-refractivity contribution in [2.45, 2.75) is 25.8 Å². The van der Waals surface area contributed by atoms with Crippen molar-refractivity contribution in [1.82, 2.24) is 15.2 Å². The maximum atomic E-state index is 13.0. The second kappa shape index (κ2) is 8.47. The fourth-order valence-electron chi connectivity index (χ4n) is 3.27. The summed E-state index contributed by atoms with van der Waals surface area (Å²) >= 11 is 1.52. The molecule has 7 nitrogen and oxygen atoms in total. The van der Waals surface area contributed by atoms with Crippen LogP contribution in [0.15, 0.2) is 30.5 Å². The number of aromatic amines is 1. The first-order valence-corrected chi connectivity index (χ1v) is 10.1. The largest absolute Gasteiger partial charge is 0.481 e. The van der Waals surface area contributed by atoms with E-state index in [1.807, 2.05) is 31.2 Å². The Labute approximate surface area is 161 Å². The first kappa shape index (κ1) is 19.3. The topological polar surface area (TPSA) is 103 Å². The molecule has 1 saturated heterocycles. The highest BCUT2D eigenvalue weighted by Gasteiger charge is 2.36. The molecule has 0 aliphatic carbocycles. The quantitative estimate of drug-likeness (QED) is 0.674. The summed E-state index contributed by atoms with van der Waals surface area (Å²) in [6.45, 7) is 1.99. The molecule has 0 saturated carbocycles. The van der Waals surface area contributed by atoms with Crippen LogP contribution in [0, 0.1) is 5.92 Å². The molecular weight excluding hydrogens is 366 g/mol. The number of hydrogen-bond donors (Lipinski definition) is 3. The van der Waals surface area contributed by atoms with Gasteiger partial charge in [0, 0.05) is 29.4 Å². The normalized spacial score (nSPS) is 17.8. The highest BCUT2D eigenvalue weighted by molar-refractivity contribution is 7.99. The van der Waals surface area contributed by atoms with E-state index in [1.165, 1.54) is 11.8 Å².